The van der Waals surface area contributed by atoms with E-state index in [2.05, 4.69) is 11.8 Å². The molecule has 2 unspecified atom stereocenters. The highest BCUT2D eigenvalue weighted by molar-refractivity contribution is 6.30. The minimum Gasteiger partial charge on any atom is -0.387 e. The van der Waals surface area contributed by atoms with E-state index in [1.54, 1.807) is 0 Å². The molecule has 0 aliphatic carbocycles. The van der Waals surface area contributed by atoms with Crippen LogP contribution in [0.2, 0.25) is 5.02 Å². The summed E-state index contributed by atoms with van der Waals surface area (Å²) < 4.78 is 5.65. The van der Waals surface area contributed by atoms with Crippen molar-refractivity contribution in [2.45, 2.75) is 32.0 Å². The molecule has 1 aromatic carbocycles. The average molecular weight is 284 g/mol. The zero-order valence-corrected chi connectivity index (χ0v) is 12.1. The van der Waals surface area contributed by atoms with Crippen molar-refractivity contribution in [2.24, 2.45) is 0 Å². The van der Waals surface area contributed by atoms with Gasteiger partial charge >= 0.3 is 0 Å². The first-order chi connectivity index (χ1) is 9.19. The van der Waals surface area contributed by atoms with Gasteiger partial charge < -0.3 is 9.84 Å². The quantitative estimate of drug-likeness (QED) is 0.871. The number of halogens is 1. The Bertz CT molecular complexity index is 393. The number of aliphatic hydroxyl groups is 1. The van der Waals surface area contributed by atoms with Crippen molar-refractivity contribution >= 4 is 11.6 Å². The molecule has 19 heavy (non-hydrogen) atoms. The van der Waals surface area contributed by atoms with E-state index in [1.165, 1.54) is 0 Å². The Morgan fingerprint density at radius 1 is 1.53 bits per heavy atom. The maximum atomic E-state index is 10.3. The highest BCUT2D eigenvalue weighted by atomic mass is 35.5. The minimum atomic E-state index is -0.500. The predicted molar refractivity (Wildman–Crippen MR) is 77.5 cm³/mol. The molecule has 0 saturated carbocycles. The molecule has 4 heteroatoms. The minimum absolute atomic E-state index is 0.325. The number of benzene rings is 1. The summed E-state index contributed by atoms with van der Waals surface area (Å²) >= 11 is 5.95. The van der Waals surface area contributed by atoms with Gasteiger partial charge in [-0.1, -0.05) is 30.7 Å². The van der Waals surface area contributed by atoms with Crippen LogP contribution in [0.15, 0.2) is 24.3 Å². The second-order valence-electron chi connectivity index (χ2n) is 5.06. The lowest BCUT2D eigenvalue weighted by atomic mass is 10.1. The molecule has 2 rings (SSSR count). The van der Waals surface area contributed by atoms with Gasteiger partial charge in [-0.05, 0) is 37.1 Å². The molecule has 1 aliphatic rings. The molecule has 1 fully saturated rings. The van der Waals surface area contributed by atoms with Gasteiger partial charge in [-0.25, -0.2) is 0 Å². The molecule has 0 radical (unpaired) electrons. The molecule has 1 aromatic rings. The number of likely N-dealkylation sites (N-methyl/N-ethyl adjacent to an activating group) is 1. The standard InChI is InChI=1S/C15H22ClNO2/c1-2-17(10-14-7-4-8-19-14)11-15(18)12-5-3-6-13(16)9-12/h3,5-6,9,14-15,18H,2,4,7-8,10-11H2,1H3. The van der Waals surface area contributed by atoms with Gasteiger partial charge in [0.1, 0.15) is 0 Å². The van der Waals surface area contributed by atoms with E-state index in [9.17, 15) is 5.11 Å². The number of aliphatic hydroxyl groups excluding tert-OH is 1. The number of hydrogen-bond donors (Lipinski definition) is 1. The van der Waals surface area contributed by atoms with Crippen molar-refractivity contribution in [1.29, 1.82) is 0 Å². The van der Waals surface area contributed by atoms with Gasteiger partial charge in [0.15, 0.2) is 0 Å². The van der Waals surface area contributed by atoms with Gasteiger partial charge in [0.2, 0.25) is 0 Å². The van der Waals surface area contributed by atoms with Crippen LogP contribution in [0.1, 0.15) is 31.4 Å². The van der Waals surface area contributed by atoms with E-state index in [4.69, 9.17) is 16.3 Å². The fraction of sp³-hybridized carbons (Fsp3) is 0.600. The van der Waals surface area contributed by atoms with Crippen LogP contribution in [0.3, 0.4) is 0 Å². The Kier molecular flexibility index (Phi) is 5.64. The van der Waals surface area contributed by atoms with Crippen molar-refractivity contribution in [3.8, 4) is 0 Å². The second kappa shape index (κ2) is 7.25. The van der Waals surface area contributed by atoms with E-state index in [0.717, 1.165) is 38.1 Å². The molecule has 3 nitrogen and oxygen atoms in total. The van der Waals surface area contributed by atoms with E-state index in [0.29, 0.717) is 17.7 Å². The third-order valence-electron chi connectivity index (χ3n) is 3.60. The SMILES string of the molecule is CCN(CC1CCCO1)CC(O)c1cccc(Cl)c1. The predicted octanol–water partition coefficient (Wildman–Crippen LogP) is 2.87. The summed E-state index contributed by atoms with van der Waals surface area (Å²) in [6, 6.07) is 7.43. The molecule has 0 bridgehead atoms. The van der Waals surface area contributed by atoms with Crippen LogP contribution >= 0.6 is 11.6 Å². The van der Waals surface area contributed by atoms with Crippen LogP contribution < -0.4 is 0 Å². The molecule has 0 spiro atoms. The smallest absolute Gasteiger partial charge is 0.0917 e. The summed E-state index contributed by atoms with van der Waals surface area (Å²) in [6.45, 7) is 5.42. The van der Waals surface area contributed by atoms with Crippen LogP contribution in [0.5, 0.6) is 0 Å². The van der Waals surface area contributed by atoms with Crippen molar-refractivity contribution in [2.75, 3.05) is 26.2 Å². The molecule has 0 amide bonds. The molecule has 2 atom stereocenters. The average Bonchev–Trinajstić information content (AvgIpc) is 2.90. The molecule has 1 saturated heterocycles. The summed E-state index contributed by atoms with van der Waals surface area (Å²) in [5.74, 6) is 0. The Hall–Kier alpha value is -0.610. The number of nitrogens with zero attached hydrogens (tertiary/aromatic N) is 1. The van der Waals surface area contributed by atoms with E-state index >= 15 is 0 Å². The summed E-state index contributed by atoms with van der Waals surface area (Å²) in [5.41, 5.74) is 0.873. The summed E-state index contributed by atoms with van der Waals surface area (Å²) in [4.78, 5) is 2.24. The van der Waals surface area contributed by atoms with Crippen molar-refractivity contribution in [3.63, 3.8) is 0 Å². The molecule has 0 aromatic heterocycles. The largest absolute Gasteiger partial charge is 0.387 e. The lowest BCUT2D eigenvalue weighted by Crippen LogP contribution is -2.35. The number of hydrogen-bond acceptors (Lipinski definition) is 3. The van der Waals surface area contributed by atoms with Crippen LogP contribution in [0, 0.1) is 0 Å². The molecular formula is C15H22ClNO2. The van der Waals surface area contributed by atoms with Gasteiger partial charge in [-0.2, -0.15) is 0 Å². The number of rotatable bonds is 6. The number of ether oxygens (including phenoxy) is 1. The molecular weight excluding hydrogens is 262 g/mol. The van der Waals surface area contributed by atoms with Crippen LogP contribution in [0.4, 0.5) is 0 Å². The summed E-state index contributed by atoms with van der Waals surface area (Å²) in [6.07, 6.45) is 2.11. The highest BCUT2D eigenvalue weighted by Crippen LogP contribution is 2.20. The van der Waals surface area contributed by atoms with Gasteiger partial charge in [0.25, 0.3) is 0 Å². The van der Waals surface area contributed by atoms with Crippen molar-refractivity contribution in [1.82, 2.24) is 4.90 Å². The van der Waals surface area contributed by atoms with Crippen LogP contribution in [-0.2, 0) is 4.74 Å². The van der Waals surface area contributed by atoms with E-state index < -0.39 is 6.10 Å². The van der Waals surface area contributed by atoms with Crippen molar-refractivity contribution < 1.29 is 9.84 Å². The summed E-state index contributed by atoms with van der Waals surface area (Å²) in [5, 5.41) is 10.9. The molecule has 1 heterocycles. The second-order valence-corrected chi connectivity index (χ2v) is 5.49. The third-order valence-corrected chi connectivity index (χ3v) is 3.83. The Balaban J connectivity index is 1.89. The topological polar surface area (TPSA) is 32.7 Å². The van der Waals surface area contributed by atoms with E-state index in [-0.39, 0.29) is 0 Å². The zero-order valence-electron chi connectivity index (χ0n) is 11.4. The highest BCUT2D eigenvalue weighted by Gasteiger charge is 2.20. The first-order valence-electron chi connectivity index (χ1n) is 6.96. The van der Waals surface area contributed by atoms with Gasteiger partial charge in [0, 0.05) is 24.7 Å². The lowest BCUT2D eigenvalue weighted by Gasteiger charge is -2.26. The fourth-order valence-corrected chi connectivity index (χ4v) is 2.67. The lowest BCUT2D eigenvalue weighted by molar-refractivity contribution is 0.0516. The fourth-order valence-electron chi connectivity index (χ4n) is 2.47. The maximum Gasteiger partial charge on any atom is 0.0917 e. The molecule has 1 aliphatic heterocycles. The monoisotopic (exact) mass is 283 g/mol. The van der Waals surface area contributed by atoms with Gasteiger partial charge in [0.05, 0.1) is 12.2 Å². The van der Waals surface area contributed by atoms with E-state index in [1.807, 2.05) is 24.3 Å². The third kappa shape index (κ3) is 4.46. The van der Waals surface area contributed by atoms with Gasteiger partial charge in [-0.3, -0.25) is 4.90 Å². The van der Waals surface area contributed by atoms with Gasteiger partial charge in [-0.15, -0.1) is 0 Å². The zero-order chi connectivity index (χ0) is 13.7. The maximum absolute atomic E-state index is 10.3. The Morgan fingerprint density at radius 3 is 3.00 bits per heavy atom. The molecule has 1 N–H and O–H groups in total. The first-order valence-corrected chi connectivity index (χ1v) is 7.34. The molecule has 106 valence electrons. The Labute approximate surface area is 120 Å². The normalized spacial score (nSPS) is 20.9. The van der Waals surface area contributed by atoms with Crippen LogP contribution in [-0.4, -0.2) is 42.4 Å². The van der Waals surface area contributed by atoms with Crippen LogP contribution in [0.25, 0.3) is 0 Å². The summed E-state index contributed by atoms with van der Waals surface area (Å²) in [7, 11) is 0. The Morgan fingerprint density at radius 2 is 2.37 bits per heavy atom. The van der Waals surface area contributed by atoms with Crippen molar-refractivity contribution in [3.05, 3.63) is 34.9 Å². The first kappa shape index (κ1) is 14.8.